The lowest BCUT2D eigenvalue weighted by atomic mass is 10.1. The van der Waals surface area contributed by atoms with Crippen molar-refractivity contribution in [3.05, 3.63) is 45.5 Å². The minimum atomic E-state index is -0.411. The van der Waals surface area contributed by atoms with E-state index in [2.05, 4.69) is 0 Å². The van der Waals surface area contributed by atoms with E-state index in [4.69, 9.17) is 0 Å². The minimum absolute atomic E-state index is 0.0788. The van der Waals surface area contributed by atoms with E-state index in [0.29, 0.717) is 5.75 Å². The first-order valence-corrected chi connectivity index (χ1v) is 6.04. The van der Waals surface area contributed by atoms with Crippen LogP contribution in [-0.2, 0) is 4.79 Å². The highest BCUT2D eigenvalue weighted by atomic mass is 32.2. The molecular weight excluding hydrogens is 238 g/mol. The molecule has 0 aromatic heterocycles. The molecule has 0 aliphatic carbocycles. The molecule has 90 valence electrons. The summed E-state index contributed by atoms with van der Waals surface area (Å²) in [6, 6.07) is 4.73. The fraction of sp³-hybridized carbons (Fsp3) is 0.250. The van der Waals surface area contributed by atoms with Gasteiger partial charge in [0.25, 0.3) is 5.69 Å². The second-order valence-corrected chi connectivity index (χ2v) is 4.70. The fourth-order valence-corrected chi connectivity index (χ4v) is 1.73. The van der Waals surface area contributed by atoms with Crippen molar-refractivity contribution in [1.29, 1.82) is 0 Å². The van der Waals surface area contributed by atoms with E-state index < -0.39 is 4.92 Å². The van der Waals surface area contributed by atoms with Crippen molar-refractivity contribution in [2.75, 3.05) is 5.75 Å². The van der Waals surface area contributed by atoms with E-state index in [1.54, 1.807) is 6.07 Å². The van der Waals surface area contributed by atoms with Gasteiger partial charge in [-0.1, -0.05) is 23.9 Å². The summed E-state index contributed by atoms with van der Waals surface area (Å²) in [5.41, 5.74) is 1.88. The number of nitro groups is 1. The van der Waals surface area contributed by atoms with Gasteiger partial charge in [0.05, 0.1) is 4.92 Å². The van der Waals surface area contributed by atoms with Crippen LogP contribution in [0.5, 0.6) is 0 Å². The molecule has 1 rings (SSSR count). The monoisotopic (exact) mass is 251 g/mol. The quantitative estimate of drug-likeness (QED) is 0.609. The third-order valence-corrected chi connectivity index (χ3v) is 2.91. The highest BCUT2D eigenvalue weighted by molar-refractivity contribution is 8.13. The molecule has 0 amide bonds. The molecular formula is C12H13NO3S. The number of aryl methyl sites for hydroxylation is 1. The summed E-state index contributed by atoms with van der Waals surface area (Å²) in [6.07, 6.45) is 3.75. The zero-order chi connectivity index (χ0) is 12.8. The largest absolute Gasteiger partial charge is 0.288 e. The van der Waals surface area contributed by atoms with Crippen molar-refractivity contribution in [2.24, 2.45) is 0 Å². The molecule has 0 heterocycles. The lowest BCUT2D eigenvalue weighted by Gasteiger charge is -1.99. The van der Waals surface area contributed by atoms with Gasteiger partial charge in [0, 0.05) is 24.8 Å². The molecule has 4 nitrogen and oxygen atoms in total. The minimum Gasteiger partial charge on any atom is -0.288 e. The third-order valence-electron chi connectivity index (χ3n) is 2.14. The summed E-state index contributed by atoms with van der Waals surface area (Å²) in [7, 11) is 0. The van der Waals surface area contributed by atoms with Crippen LogP contribution in [0.1, 0.15) is 18.1 Å². The van der Waals surface area contributed by atoms with E-state index in [9.17, 15) is 14.9 Å². The van der Waals surface area contributed by atoms with Crippen LogP contribution in [-0.4, -0.2) is 15.8 Å². The molecule has 0 fully saturated rings. The van der Waals surface area contributed by atoms with Crippen LogP contribution in [0.3, 0.4) is 0 Å². The number of hydrogen-bond donors (Lipinski definition) is 0. The van der Waals surface area contributed by atoms with Gasteiger partial charge in [0.15, 0.2) is 5.12 Å². The Morgan fingerprint density at radius 3 is 2.76 bits per heavy atom. The Hall–Kier alpha value is -1.62. The average Bonchev–Trinajstić information content (AvgIpc) is 2.25. The van der Waals surface area contributed by atoms with Crippen LogP contribution in [0.25, 0.3) is 6.08 Å². The Bertz CT molecular complexity index is 469. The lowest BCUT2D eigenvalue weighted by molar-refractivity contribution is -0.384. The molecule has 5 heteroatoms. The van der Waals surface area contributed by atoms with Crippen molar-refractivity contribution in [3.63, 3.8) is 0 Å². The maximum absolute atomic E-state index is 10.7. The van der Waals surface area contributed by atoms with Gasteiger partial charge in [-0.15, -0.1) is 0 Å². The first kappa shape index (κ1) is 13.4. The Kier molecular flexibility index (Phi) is 4.90. The molecule has 1 aromatic carbocycles. The summed E-state index contributed by atoms with van der Waals surface area (Å²) in [5.74, 6) is 0.617. The van der Waals surface area contributed by atoms with E-state index in [1.807, 2.05) is 19.1 Å². The van der Waals surface area contributed by atoms with Crippen molar-refractivity contribution >= 4 is 28.6 Å². The first-order chi connectivity index (χ1) is 8.00. The fourth-order valence-electron chi connectivity index (χ4n) is 1.30. The van der Waals surface area contributed by atoms with Gasteiger partial charge in [-0.25, -0.2) is 0 Å². The maximum Gasteiger partial charge on any atom is 0.269 e. The number of non-ortho nitro benzene ring substituents is 1. The Morgan fingerprint density at radius 1 is 1.53 bits per heavy atom. The van der Waals surface area contributed by atoms with E-state index in [0.717, 1.165) is 11.1 Å². The van der Waals surface area contributed by atoms with Gasteiger partial charge in [0.2, 0.25) is 0 Å². The molecule has 0 N–H and O–H groups in total. The molecule has 0 saturated carbocycles. The first-order valence-electron chi connectivity index (χ1n) is 5.05. The normalized spacial score (nSPS) is 10.7. The van der Waals surface area contributed by atoms with Gasteiger partial charge in [-0.2, -0.15) is 0 Å². The zero-order valence-corrected chi connectivity index (χ0v) is 10.5. The highest BCUT2D eigenvalue weighted by Crippen LogP contribution is 2.18. The van der Waals surface area contributed by atoms with Gasteiger partial charge >= 0.3 is 0 Å². The summed E-state index contributed by atoms with van der Waals surface area (Å²) in [4.78, 5) is 20.8. The number of carbonyl (C=O) groups is 1. The molecule has 0 aliphatic rings. The topological polar surface area (TPSA) is 60.2 Å². The molecule has 0 atom stereocenters. The number of hydrogen-bond acceptors (Lipinski definition) is 4. The number of nitrogens with zero attached hydrogens (tertiary/aromatic N) is 1. The van der Waals surface area contributed by atoms with Gasteiger partial charge in [0.1, 0.15) is 0 Å². The van der Waals surface area contributed by atoms with Crippen LogP contribution >= 0.6 is 11.8 Å². The molecule has 0 spiro atoms. The van der Waals surface area contributed by atoms with Crippen molar-refractivity contribution in [1.82, 2.24) is 0 Å². The maximum atomic E-state index is 10.7. The average molecular weight is 251 g/mol. The number of benzene rings is 1. The highest BCUT2D eigenvalue weighted by Gasteiger charge is 2.05. The van der Waals surface area contributed by atoms with E-state index >= 15 is 0 Å². The van der Waals surface area contributed by atoms with Crippen LogP contribution in [0.15, 0.2) is 24.3 Å². The predicted molar refractivity (Wildman–Crippen MR) is 70.0 cm³/mol. The smallest absolute Gasteiger partial charge is 0.269 e. The molecule has 0 radical (unpaired) electrons. The molecule has 0 unspecified atom stereocenters. The van der Waals surface area contributed by atoms with Gasteiger partial charge < -0.3 is 0 Å². The lowest BCUT2D eigenvalue weighted by Crippen LogP contribution is -1.90. The van der Waals surface area contributed by atoms with Crippen LogP contribution < -0.4 is 0 Å². The summed E-state index contributed by atoms with van der Waals surface area (Å²) >= 11 is 1.23. The van der Waals surface area contributed by atoms with E-state index in [1.165, 1.54) is 30.8 Å². The summed E-state index contributed by atoms with van der Waals surface area (Å²) in [6.45, 7) is 3.35. The molecule has 0 bridgehead atoms. The Labute approximate surface area is 104 Å². The number of carbonyl (C=O) groups excluding carboxylic acids is 1. The number of thioether (sulfide) groups is 1. The second kappa shape index (κ2) is 6.20. The van der Waals surface area contributed by atoms with Gasteiger partial charge in [-0.3, -0.25) is 14.9 Å². The predicted octanol–water partition coefficient (Wildman–Crippen LogP) is 3.20. The van der Waals surface area contributed by atoms with Crippen molar-refractivity contribution in [3.8, 4) is 0 Å². The second-order valence-electron chi connectivity index (χ2n) is 3.50. The third kappa shape index (κ3) is 4.40. The van der Waals surface area contributed by atoms with Gasteiger partial charge in [-0.05, 0) is 24.1 Å². The molecule has 0 saturated heterocycles. The summed E-state index contributed by atoms with van der Waals surface area (Å²) in [5, 5.41) is 10.6. The Morgan fingerprint density at radius 2 is 2.24 bits per heavy atom. The Balaban J connectivity index is 2.72. The van der Waals surface area contributed by atoms with Crippen molar-refractivity contribution in [2.45, 2.75) is 13.8 Å². The van der Waals surface area contributed by atoms with Crippen LogP contribution in [0, 0.1) is 17.0 Å². The summed E-state index contributed by atoms with van der Waals surface area (Å²) < 4.78 is 0. The molecule has 17 heavy (non-hydrogen) atoms. The van der Waals surface area contributed by atoms with Crippen LogP contribution in [0.4, 0.5) is 5.69 Å². The SMILES string of the molecule is CC(=O)SCC=Cc1ccc([N+](=O)[O-])cc1C. The van der Waals surface area contributed by atoms with E-state index in [-0.39, 0.29) is 10.8 Å². The number of rotatable bonds is 4. The standard InChI is InChI=1S/C12H13NO3S/c1-9-8-12(13(15)16)6-5-11(9)4-3-7-17-10(2)14/h3-6,8H,7H2,1-2H3. The van der Waals surface area contributed by atoms with Crippen LogP contribution in [0.2, 0.25) is 0 Å². The molecule has 1 aromatic rings. The van der Waals surface area contributed by atoms with Crippen molar-refractivity contribution < 1.29 is 9.72 Å². The molecule has 0 aliphatic heterocycles. The number of nitro benzene ring substituents is 1. The zero-order valence-electron chi connectivity index (χ0n) is 9.67.